The van der Waals surface area contributed by atoms with E-state index in [1.54, 1.807) is 24.3 Å². The van der Waals surface area contributed by atoms with Crippen LogP contribution >= 0.6 is 0 Å². The third kappa shape index (κ3) is 6.27. The molecule has 0 saturated heterocycles. The number of anilines is 1. The van der Waals surface area contributed by atoms with Crippen LogP contribution in [0, 0.1) is 0 Å². The number of halogens is 6. The zero-order chi connectivity index (χ0) is 26.2. The normalized spacial score (nSPS) is 12.9. The quantitative estimate of drug-likeness (QED) is 0.353. The summed E-state index contributed by atoms with van der Waals surface area (Å²) in [6, 6.07) is 14.3. The molecule has 4 nitrogen and oxygen atoms in total. The Balaban J connectivity index is 2.03. The lowest BCUT2D eigenvalue weighted by Gasteiger charge is -2.20. The molecular weight excluding hydrogens is 496 g/mol. The van der Waals surface area contributed by atoms with E-state index in [2.05, 4.69) is 0 Å². The van der Waals surface area contributed by atoms with Crippen molar-refractivity contribution in [2.75, 3.05) is 4.72 Å². The summed E-state index contributed by atoms with van der Waals surface area (Å²) in [5.74, 6) is -0.0474. The molecule has 0 unspecified atom stereocenters. The van der Waals surface area contributed by atoms with Crippen molar-refractivity contribution in [3.05, 3.63) is 77.9 Å². The van der Waals surface area contributed by atoms with Crippen LogP contribution in [0.3, 0.4) is 0 Å². The number of nitrogens with one attached hydrogen (secondary N) is 1. The first kappa shape index (κ1) is 26.4. The Kier molecular flexibility index (Phi) is 6.86. The minimum atomic E-state index is -5.75. The smallest absolute Gasteiger partial charge is 0.455 e. The van der Waals surface area contributed by atoms with Gasteiger partial charge in [-0.1, -0.05) is 51.1 Å². The molecule has 0 bridgehead atoms. The molecule has 0 aliphatic heterocycles. The average molecular weight is 517 g/mol. The van der Waals surface area contributed by atoms with Crippen LogP contribution in [0.25, 0.3) is 11.1 Å². The number of benzene rings is 3. The van der Waals surface area contributed by atoms with E-state index in [1.807, 2.05) is 20.8 Å². The van der Waals surface area contributed by atoms with Gasteiger partial charge in [0.25, 0.3) is 0 Å². The van der Waals surface area contributed by atoms with Gasteiger partial charge in [0.1, 0.15) is 5.75 Å². The maximum Gasteiger partial charge on any atom is 0.516 e. The molecule has 11 heteroatoms. The summed E-state index contributed by atoms with van der Waals surface area (Å²) in [6.07, 6.45) is -4.54. The second-order valence-corrected chi connectivity index (χ2v) is 10.4. The Hall–Kier alpha value is -3.21. The second-order valence-electron chi connectivity index (χ2n) is 8.71. The van der Waals surface area contributed by atoms with E-state index >= 15 is 0 Å². The molecule has 0 aromatic heterocycles. The van der Waals surface area contributed by atoms with E-state index in [0.717, 1.165) is 23.8 Å². The van der Waals surface area contributed by atoms with Crippen LogP contribution in [0.15, 0.2) is 66.7 Å². The van der Waals surface area contributed by atoms with Crippen LogP contribution in [-0.2, 0) is 21.6 Å². The van der Waals surface area contributed by atoms with Crippen LogP contribution in [0.1, 0.15) is 31.9 Å². The molecule has 35 heavy (non-hydrogen) atoms. The molecule has 0 radical (unpaired) electrons. The molecule has 3 rings (SSSR count). The van der Waals surface area contributed by atoms with Crippen LogP contribution < -0.4 is 9.46 Å². The largest absolute Gasteiger partial charge is 0.516 e. The molecule has 3 aromatic rings. The third-order valence-electron chi connectivity index (χ3n) is 5.02. The maximum atomic E-state index is 12.9. The summed E-state index contributed by atoms with van der Waals surface area (Å²) in [7, 11) is -5.75. The van der Waals surface area contributed by atoms with Gasteiger partial charge in [-0.3, -0.25) is 4.72 Å². The molecule has 0 amide bonds. The third-order valence-corrected chi connectivity index (χ3v) is 6.12. The fourth-order valence-corrected chi connectivity index (χ4v) is 3.65. The van der Waals surface area contributed by atoms with Gasteiger partial charge in [0, 0.05) is 0 Å². The monoisotopic (exact) mass is 517 g/mol. The molecule has 0 heterocycles. The summed E-state index contributed by atoms with van der Waals surface area (Å²) < 4.78 is 108. The molecule has 0 fully saturated rings. The minimum absolute atomic E-state index is 0.172. The number of sulfonamides is 1. The van der Waals surface area contributed by atoms with Crippen LogP contribution in [-0.4, -0.2) is 13.9 Å². The first-order valence-electron chi connectivity index (χ1n) is 10.2. The molecule has 3 aromatic carbocycles. The highest BCUT2D eigenvalue weighted by Crippen LogP contribution is 2.38. The predicted molar refractivity (Wildman–Crippen MR) is 121 cm³/mol. The lowest BCUT2D eigenvalue weighted by Crippen LogP contribution is -2.30. The van der Waals surface area contributed by atoms with Crippen molar-refractivity contribution in [1.82, 2.24) is 0 Å². The Morgan fingerprint density at radius 2 is 1.23 bits per heavy atom. The summed E-state index contributed by atoms with van der Waals surface area (Å²) in [5, 5.41) is 0. The maximum absolute atomic E-state index is 12.9. The summed E-state index contributed by atoms with van der Waals surface area (Å²) in [6.45, 7) is 5.96. The van der Waals surface area contributed by atoms with Gasteiger partial charge in [0.2, 0.25) is 0 Å². The average Bonchev–Trinajstić information content (AvgIpc) is 2.73. The van der Waals surface area contributed by atoms with Gasteiger partial charge in [0.05, 0.1) is 11.3 Å². The van der Waals surface area contributed by atoms with Crippen LogP contribution in [0.4, 0.5) is 32.0 Å². The van der Waals surface area contributed by atoms with Gasteiger partial charge in [-0.2, -0.15) is 34.8 Å². The number of rotatable bonds is 5. The molecule has 0 atom stereocenters. The summed E-state index contributed by atoms with van der Waals surface area (Å²) in [4.78, 5) is 0. The minimum Gasteiger partial charge on any atom is -0.455 e. The fourth-order valence-electron chi connectivity index (χ4n) is 3.07. The van der Waals surface area contributed by atoms with Crippen molar-refractivity contribution in [2.24, 2.45) is 0 Å². The van der Waals surface area contributed by atoms with E-state index in [-0.39, 0.29) is 16.9 Å². The first-order valence-corrected chi connectivity index (χ1v) is 11.6. The van der Waals surface area contributed by atoms with E-state index in [1.165, 1.54) is 29.0 Å². The van der Waals surface area contributed by atoms with Crippen molar-refractivity contribution < 1.29 is 39.5 Å². The fraction of sp³-hybridized carbons (Fsp3) is 0.250. The van der Waals surface area contributed by atoms with Gasteiger partial charge < -0.3 is 4.74 Å². The predicted octanol–water partition coefficient (Wildman–Crippen LogP) is 7.72. The van der Waals surface area contributed by atoms with Crippen molar-refractivity contribution >= 4 is 15.7 Å². The van der Waals surface area contributed by atoms with Gasteiger partial charge in [-0.05, 0) is 58.5 Å². The highest BCUT2D eigenvalue weighted by molar-refractivity contribution is 7.93. The Morgan fingerprint density at radius 3 is 1.71 bits per heavy atom. The van der Waals surface area contributed by atoms with Crippen molar-refractivity contribution in [3.8, 4) is 22.6 Å². The SMILES string of the molecule is CC(C)(C)c1ccc(Oc2cc(-c3ccc(C(F)(F)F)cc3)ccc2NS(=O)(=O)C(F)(F)F)cc1. The molecular formula is C24H21F6NO3S. The van der Waals surface area contributed by atoms with Crippen molar-refractivity contribution in [1.29, 1.82) is 0 Å². The Bertz CT molecular complexity index is 1290. The van der Waals surface area contributed by atoms with E-state index < -0.39 is 33.0 Å². The molecule has 0 aliphatic rings. The lowest BCUT2D eigenvalue weighted by atomic mass is 9.87. The number of ether oxygens (including phenoxy) is 1. The first-order chi connectivity index (χ1) is 16.0. The Labute approximate surface area is 198 Å². The molecule has 0 aliphatic carbocycles. The van der Waals surface area contributed by atoms with E-state index in [4.69, 9.17) is 4.74 Å². The van der Waals surface area contributed by atoms with Gasteiger partial charge >= 0.3 is 21.7 Å². The van der Waals surface area contributed by atoms with Crippen molar-refractivity contribution in [3.63, 3.8) is 0 Å². The van der Waals surface area contributed by atoms with Gasteiger partial charge in [-0.15, -0.1) is 0 Å². The summed E-state index contributed by atoms with van der Waals surface area (Å²) >= 11 is 0. The highest BCUT2D eigenvalue weighted by atomic mass is 32.2. The second kappa shape index (κ2) is 9.10. The number of hydrogen-bond acceptors (Lipinski definition) is 3. The van der Waals surface area contributed by atoms with Gasteiger partial charge in [0.15, 0.2) is 5.75 Å². The molecule has 188 valence electrons. The Morgan fingerprint density at radius 1 is 0.714 bits per heavy atom. The zero-order valence-electron chi connectivity index (χ0n) is 18.8. The molecule has 0 saturated carbocycles. The van der Waals surface area contributed by atoms with E-state index in [9.17, 15) is 34.8 Å². The zero-order valence-corrected chi connectivity index (χ0v) is 19.6. The highest BCUT2D eigenvalue weighted by Gasteiger charge is 2.46. The number of alkyl halides is 6. The van der Waals surface area contributed by atoms with Crippen LogP contribution in [0.5, 0.6) is 11.5 Å². The molecule has 1 N–H and O–H groups in total. The molecule has 0 spiro atoms. The van der Waals surface area contributed by atoms with Crippen LogP contribution in [0.2, 0.25) is 0 Å². The van der Waals surface area contributed by atoms with Crippen molar-refractivity contribution in [2.45, 2.75) is 37.9 Å². The topological polar surface area (TPSA) is 55.4 Å². The van der Waals surface area contributed by atoms with Gasteiger partial charge in [-0.25, -0.2) is 0 Å². The standard InChI is InChI=1S/C24H21F6NO3S/c1-22(2,3)17-9-11-19(12-10-17)34-21-14-16(15-4-7-18(8-5-15)23(25,26)27)6-13-20(21)31-35(32,33)24(28,29)30/h4-14,31H,1-3H3. The summed E-state index contributed by atoms with van der Waals surface area (Å²) in [5.41, 5.74) is -5.52. The number of hydrogen-bond donors (Lipinski definition) is 1. The van der Waals surface area contributed by atoms with E-state index in [0.29, 0.717) is 11.1 Å². The lowest BCUT2D eigenvalue weighted by molar-refractivity contribution is -0.137.